The summed E-state index contributed by atoms with van der Waals surface area (Å²) in [5, 5.41) is 0. The van der Waals surface area contributed by atoms with Gasteiger partial charge in [0.1, 0.15) is 0 Å². The summed E-state index contributed by atoms with van der Waals surface area (Å²) in [6.45, 7) is 3.90. The van der Waals surface area contributed by atoms with Crippen LogP contribution in [-0.4, -0.2) is 5.78 Å². The largest absolute Gasteiger partial charge is 0.294 e. The fourth-order valence-electron chi connectivity index (χ4n) is 1.31. The molecule has 0 aromatic rings. The molecule has 0 saturated heterocycles. The van der Waals surface area contributed by atoms with E-state index in [-0.39, 0.29) is 5.92 Å². The van der Waals surface area contributed by atoms with Gasteiger partial charge in [-0.15, -0.1) is 0 Å². The standard InChI is InChI=1S/C9H13BrO/c1-6(2)9(11)7-4-3-5-8(7)10/h6H,3-5H2,1-2H3. The second kappa shape index (κ2) is 3.53. The van der Waals surface area contributed by atoms with E-state index in [1.807, 2.05) is 13.8 Å². The monoisotopic (exact) mass is 216 g/mol. The summed E-state index contributed by atoms with van der Waals surface area (Å²) in [6.07, 6.45) is 3.15. The molecule has 0 heterocycles. The van der Waals surface area contributed by atoms with E-state index in [0.717, 1.165) is 29.3 Å². The Kier molecular flexibility index (Phi) is 2.88. The summed E-state index contributed by atoms with van der Waals surface area (Å²) >= 11 is 3.43. The van der Waals surface area contributed by atoms with Gasteiger partial charge in [-0.1, -0.05) is 29.8 Å². The quantitative estimate of drug-likeness (QED) is 0.694. The van der Waals surface area contributed by atoms with Crippen molar-refractivity contribution in [3.8, 4) is 0 Å². The van der Waals surface area contributed by atoms with Crippen molar-refractivity contribution in [2.75, 3.05) is 0 Å². The highest BCUT2D eigenvalue weighted by Gasteiger charge is 2.20. The minimum atomic E-state index is 0.149. The smallest absolute Gasteiger partial charge is 0.162 e. The Morgan fingerprint density at radius 2 is 2.09 bits per heavy atom. The van der Waals surface area contributed by atoms with Gasteiger partial charge < -0.3 is 0 Å². The van der Waals surface area contributed by atoms with Gasteiger partial charge in [-0.3, -0.25) is 4.79 Å². The van der Waals surface area contributed by atoms with Crippen LogP contribution in [-0.2, 0) is 4.79 Å². The van der Waals surface area contributed by atoms with E-state index < -0.39 is 0 Å². The van der Waals surface area contributed by atoms with Crippen molar-refractivity contribution in [2.24, 2.45) is 5.92 Å². The van der Waals surface area contributed by atoms with Crippen molar-refractivity contribution in [1.82, 2.24) is 0 Å². The number of allylic oxidation sites excluding steroid dienone is 2. The molecule has 0 radical (unpaired) electrons. The molecule has 0 aliphatic heterocycles. The van der Waals surface area contributed by atoms with Crippen LogP contribution in [0.3, 0.4) is 0 Å². The van der Waals surface area contributed by atoms with Crippen molar-refractivity contribution in [3.63, 3.8) is 0 Å². The average Bonchev–Trinajstić information content (AvgIpc) is 2.33. The Morgan fingerprint density at radius 1 is 1.45 bits per heavy atom. The van der Waals surface area contributed by atoms with Crippen molar-refractivity contribution >= 4 is 21.7 Å². The van der Waals surface area contributed by atoms with Crippen LogP contribution >= 0.6 is 15.9 Å². The number of hydrogen-bond donors (Lipinski definition) is 0. The van der Waals surface area contributed by atoms with Gasteiger partial charge in [0, 0.05) is 16.0 Å². The Bertz CT molecular complexity index is 204. The summed E-state index contributed by atoms with van der Waals surface area (Å²) in [6, 6.07) is 0. The van der Waals surface area contributed by atoms with E-state index in [2.05, 4.69) is 15.9 Å². The van der Waals surface area contributed by atoms with Crippen molar-refractivity contribution < 1.29 is 4.79 Å². The van der Waals surface area contributed by atoms with Crippen molar-refractivity contribution in [3.05, 3.63) is 10.1 Å². The van der Waals surface area contributed by atoms with Crippen LogP contribution in [0.25, 0.3) is 0 Å². The molecule has 0 amide bonds. The van der Waals surface area contributed by atoms with E-state index in [1.54, 1.807) is 0 Å². The molecule has 0 N–H and O–H groups in total. The summed E-state index contributed by atoms with van der Waals surface area (Å²) in [5.41, 5.74) is 1.03. The molecule has 1 aliphatic rings. The molecule has 0 fully saturated rings. The second-order valence-corrected chi connectivity index (χ2v) is 4.21. The SMILES string of the molecule is CC(C)C(=O)C1=C(Br)CCC1. The predicted molar refractivity (Wildman–Crippen MR) is 49.6 cm³/mol. The first kappa shape index (κ1) is 8.98. The van der Waals surface area contributed by atoms with Crippen LogP contribution in [0.15, 0.2) is 10.1 Å². The molecule has 0 aromatic heterocycles. The lowest BCUT2D eigenvalue weighted by atomic mass is 10.0. The van der Waals surface area contributed by atoms with Crippen molar-refractivity contribution in [1.29, 1.82) is 0 Å². The van der Waals surface area contributed by atoms with Gasteiger partial charge in [-0.25, -0.2) is 0 Å². The Hall–Kier alpha value is -0.110. The third-order valence-corrected chi connectivity index (χ3v) is 2.85. The molecular formula is C9H13BrO. The lowest BCUT2D eigenvalue weighted by Crippen LogP contribution is -2.09. The molecule has 11 heavy (non-hydrogen) atoms. The zero-order valence-corrected chi connectivity index (χ0v) is 8.57. The highest BCUT2D eigenvalue weighted by Crippen LogP contribution is 2.32. The average molecular weight is 217 g/mol. The maximum absolute atomic E-state index is 11.5. The van der Waals surface area contributed by atoms with E-state index in [1.165, 1.54) is 0 Å². The van der Waals surface area contributed by atoms with Gasteiger partial charge in [0.15, 0.2) is 5.78 Å². The number of ketones is 1. The number of rotatable bonds is 2. The molecule has 1 aliphatic carbocycles. The van der Waals surface area contributed by atoms with Crippen LogP contribution in [0.5, 0.6) is 0 Å². The minimum Gasteiger partial charge on any atom is -0.294 e. The number of hydrogen-bond acceptors (Lipinski definition) is 1. The molecule has 0 atom stereocenters. The molecule has 62 valence electrons. The second-order valence-electron chi connectivity index (χ2n) is 3.26. The Balaban J connectivity index is 2.74. The minimum absolute atomic E-state index is 0.149. The highest BCUT2D eigenvalue weighted by molar-refractivity contribution is 9.11. The molecule has 2 heteroatoms. The molecule has 0 aromatic carbocycles. The number of carbonyl (C=O) groups is 1. The molecule has 0 spiro atoms. The molecule has 0 unspecified atom stereocenters. The van der Waals surface area contributed by atoms with Gasteiger partial charge in [0.25, 0.3) is 0 Å². The Labute approximate surface area is 76.0 Å². The maximum Gasteiger partial charge on any atom is 0.162 e. The van der Waals surface area contributed by atoms with Gasteiger partial charge in [0.2, 0.25) is 0 Å². The van der Waals surface area contributed by atoms with Gasteiger partial charge in [-0.05, 0) is 19.3 Å². The maximum atomic E-state index is 11.5. The van der Waals surface area contributed by atoms with Crippen LogP contribution in [0.2, 0.25) is 0 Å². The van der Waals surface area contributed by atoms with Crippen LogP contribution in [0.4, 0.5) is 0 Å². The van der Waals surface area contributed by atoms with Crippen molar-refractivity contribution in [2.45, 2.75) is 33.1 Å². The third kappa shape index (κ3) is 1.92. The van der Waals surface area contributed by atoms with Crippen LogP contribution in [0, 0.1) is 5.92 Å². The first-order valence-electron chi connectivity index (χ1n) is 4.04. The van der Waals surface area contributed by atoms with E-state index in [0.29, 0.717) is 5.78 Å². The lowest BCUT2D eigenvalue weighted by molar-refractivity contribution is -0.118. The van der Waals surface area contributed by atoms with E-state index >= 15 is 0 Å². The number of carbonyl (C=O) groups excluding carboxylic acids is 1. The fourth-order valence-corrected chi connectivity index (χ4v) is 1.99. The topological polar surface area (TPSA) is 17.1 Å². The van der Waals surface area contributed by atoms with Gasteiger partial charge >= 0.3 is 0 Å². The normalized spacial score (nSPS) is 18.2. The predicted octanol–water partition coefficient (Wildman–Crippen LogP) is 3.04. The summed E-state index contributed by atoms with van der Waals surface area (Å²) in [4.78, 5) is 11.5. The zero-order chi connectivity index (χ0) is 8.43. The molecule has 1 rings (SSSR count). The third-order valence-electron chi connectivity index (χ3n) is 1.97. The summed E-state index contributed by atoms with van der Waals surface area (Å²) in [7, 11) is 0. The molecular weight excluding hydrogens is 204 g/mol. The van der Waals surface area contributed by atoms with Crippen LogP contribution in [0.1, 0.15) is 33.1 Å². The first-order chi connectivity index (χ1) is 5.13. The fraction of sp³-hybridized carbons (Fsp3) is 0.667. The van der Waals surface area contributed by atoms with E-state index in [9.17, 15) is 4.79 Å². The molecule has 0 saturated carbocycles. The molecule has 0 bridgehead atoms. The first-order valence-corrected chi connectivity index (χ1v) is 4.84. The number of Topliss-reactive ketones (excluding diaryl/α,β-unsaturated/α-hetero) is 1. The zero-order valence-electron chi connectivity index (χ0n) is 6.98. The van der Waals surface area contributed by atoms with Gasteiger partial charge in [-0.2, -0.15) is 0 Å². The van der Waals surface area contributed by atoms with E-state index in [4.69, 9.17) is 0 Å². The summed E-state index contributed by atoms with van der Waals surface area (Å²) in [5.74, 6) is 0.463. The lowest BCUT2D eigenvalue weighted by Gasteiger charge is -2.04. The summed E-state index contributed by atoms with van der Waals surface area (Å²) < 4.78 is 1.14. The molecule has 1 nitrogen and oxygen atoms in total. The number of halogens is 1. The van der Waals surface area contributed by atoms with Crippen LogP contribution < -0.4 is 0 Å². The highest BCUT2D eigenvalue weighted by atomic mass is 79.9. The Morgan fingerprint density at radius 3 is 2.45 bits per heavy atom. The van der Waals surface area contributed by atoms with Gasteiger partial charge in [0.05, 0.1) is 0 Å².